The van der Waals surface area contributed by atoms with Crippen molar-refractivity contribution in [3.63, 3.8) is 0 Å². The molecule has 104 valence electrons. The van der Waals surface area contributed by atoms with E-state index in [2.05, 4.69) is 20.1 Å². The molecule has 0 aliphatic carbocycles. The van der Waals surface area contributed by atoms with E-state index < -0.39 is 0 Å². The van der Waals surface area contributed by atoms with E-state index in [4.69, 9.17) is 4.74 Å². The van der Waals surface area contributed by atoms with Crippen LogP contribution < -0.4 is 4.90 Å². The van der Waals surface area contributed by atoms with E-state index in [1.165, 1.54) is 7.11 Å². The van der Waals surface area contributed by atoms with Crippen molar-refractivity contribution in [3.05, 3.63) is 24.3 Å². The Balaban J connectivity index is 1.75. The van der Waals surface area contributed by atoms with Gasteiger partial charge in [-0.05, 0) is 25.0 Å². The number of aromatic nitrogens is 3. The number of anilines is 1. The average Bonchev–Trinajstić information content (AvgIpc) is 2.54. The maximum Gasteiger partial charge on any atom is 0.308 e. The minimum absolute atomic E-state index is 0.00957. The molecular formula is C14H16N4O2. The Labute approximate surface area is 116 Å². The van der Waals surface area contributed by atoms with Crippen LogP contribution in [0.2, 0.25) is 0 Å². The number of carbonyl (C=O) groups is 1. The number of benzene rings is 1. The van der Waals surface area contributed by atoms with Crippen LogP contribution in [0.3, 0.4) is 0 Å². The molecule has 0 amide bonds. The summed E-state index contributed by atoms with van der Waals surface area (Å²) in [4.78, 5) is 18.1. The van der Waals surface area contributed by atoms with Gasteiger partial charge >= 0.3 is 5.97 Å². The predicted molar refractivity (Wildman–Crippen MR) is 74.3 cm³/mol. The Kier molecular flexibility index (Phi) is 3.45. The highest BCUT2D eigenvalue weighted by Gasteiger charge is 2.26. The Hall–Kier alpha value is -2.24. The first-order valence-corrected chi connectivity index (χ1v) is 6.70. The zero-order valence-corrected chi connectivity index (χ0v) is 11.3. The fourth-order valence-electron chi connectivity index (χ4n) is 2.49. The lowest BCUT2D eigenvalue weighted by Gasteiger charge is -2.30. The SMILES string of the molecule is COC(=O)C1CCN(c2nnc3ccccc3n2)CC1. The van der Waals surface area contributed by atoms with Gasteiger partial charge in [-0.2, -0.15) is 0 Å². The van der Waals surface area contributed by atoms with Gasteiger partial charge in [-0.3, -0.25) is 4.79 Å². The molecule has 1 aliphatic heterocycles. The predicted octanol–water partition coefficient (Wildman–Crippen LogP) is 1.41. The van der Waals surface area contributed by atoms with Crippen molar-refractivity contribution in [1.29, 1.82) is 0 Å². The van der Waals surface area contributed by atoms with E-state index in [0.717, 1.165) is 37.0 Å². The van der Waals surface area contributed by atoms with Crippen LogP contribution in [0.25, 0.3) is 11.0 Å². The van der Waals surface area contributed by atoms with Gasteiger partial charge in [0.1, 0.15) is 5.52 Å². The number of piperidine rings is 1. The van der Waals surface area contributed by atoms with Crippen LogP contribution in [0.4, 0.5) is 5.95 Å². The largest absolute Gasteiger partial charge is 0.469 e. The highest BCUT2D eigenvalue weighted by atomic mass is 16.5. The van der Waals surface area contributed by atoms with Crippen LogP contribution >= 0.6 is 0 Å². The second-order valence-electron chi connectivity index (χ2n) is 4.88. The van der Waals surface area contributed by atoms with Gasteiger partial charge in [0.15, 0.2) is 0 Å². The minimum atomic E-state index is -0.123. The second-order valence-corrected chi connectivity index (χ2v) is 4.88. The van der Waals surface area contributed by atoms with Crippen molar-refractivity contribution in [3.8, 4) is 0 Å². The molecule has 0 unspecified atom stereocenters. The Morgan fingerprint density at radius 1 is 1.20 bits per heavy atom. The van der Waals surface area contributed by atoms with Crippen molar-refractivity contribution in [2.45, 2.75) is 12.8 Å². The van der Waals surface area contributed by atoms with Crippen LogP contribution in [-0.4, -0.2) is 41.3 Å². The lowest BCUT2D eigenvalue weighted by atomic mass is 9.97. The Bertz CT molecular complexity index is 623. The van der Waals surface area contributed by atoms with E-state index in [9.17, 15) is 4.79 Å². The number of fused-ring (bicyclic) bond motifs is 1. The van der Waals surface area contributed by atoms with Crippen molar-refractivity contribution < 1.29 is 9.53 Å². The maximum atomic E-state index is 11.5. The zero-order valence-electron chi connectivity index (χ0n) is 11.3. The smallest absolute Gasteiger partial charge is 0.308 e. The molecule has 6 nitrogen and oxygen atoms in total. The van der Waals surface area contributed by atoms with Gasteiger partial charge in [0, 0.05) is 13.1 Å². The molecule has 0 radical (unpaired) electrons. The van der Waals surface area contributed by atoms with Gasteiger partial charge in [-0.1, -0.05) is 12.1 Å². The van der Waals surface area contributed by atoms with Crippen molar-refractivity contribution in [1.82, 2.24) is 15.2 Å². The normalized spacial score (nSPS) is 16.4. The third-order valence-electron chi connectivity index (χ3n) is 3.66. The molecular weight excluding hydrogens is 256 g/mol. The molecule has 3 rings (SSSR count). The standard InChI is InChI=1S/C14H16N4O2/c1-20-13(19)10-6-8-18(9-7-10)14-15-11-4-2-3-5-12(11)16-17-14/h2-5,10H,6-9H2,1H3. The fourth-order valence-corrected chi connectivity index (χ4v) is 2.49. The van der Waals surface area contributed by atoms with Gasteiger partial charge in [0.25, 0.3) is 0 Å². The molecule has 0 bridgehead atoms. The molecule has 1 aliphatic rings. The second kappa shape index (κ2) is 5.40. The highest BCUT2D eigenvalue weighted by molar-refractivity contribution is 5.74. The number of rotatable bonds is 2. The fraction of sp³-hybridized carbons (Fsp3) is 0.429. The summed E-state index contributed by atoms with van der Waals surface area (Å²) in [5.74, 6) is 0.499. The summed E-state index contributed by atoms with van der Waals surface area (Å²) >= 11 is 0. The quantitative estimate of drug-likeness (QED) is 0.770. The number of nitrogens with zero attached hydrogens (tertiary/aromatic N) is 4. The van der Waals surface area contributed by atoms with Crippen LogP contribution in [0.5, 0.6) is 0 Å². The molecule has 20 heavy (non-hydrogen) atoms. The van der Waals surface area contributed by atoms with Gasteiger partial charge < -0.3 is 9.64 Å². The summed E-state index contributed by atoms with van der Waals surface area (Å²) in [6.07, 6.45) is 1.53. The minimum Gasteiger partial charge on any atom is -0.469 e. The number of hydrogen-bond acceptors (Lipinski definition) is 6. The lowest BCUT2D eigenvalue weighted by molar-refractivity contribution is -0.146. The van der Waals surface area contributed by atoms with Crippen molar-refractivity contribution in [2.24, 2.45) is 5.92 Å². The summed E-state index contributed by atoms with van der Waals surface area (Å²) in [5.41, 5.74) is 1.63. The van der Waals surface area contributed by atoms with Gasteiger partial charge in [-0.15, -0.1) is 10.2 Å². The van der Waals surface area contributed by atoms with E-state index in [-0.39, 0.29) is 11.9 Å². The van der Waals surface area contributed by atoms with E-state index in [1.54, 1.807) is 0 Å². The van der Waals surface area contributed by atoms with E-state index in [0.29, 0.717) is 5.95 Å². The van der Waals surface area contributed by atoms with E-state index in [1.807, 2.05) is 24.3 Å². The first kappa shape index (κ1) is 12.8. The maximum absolute atomic E-state index is 11.5. The van der Waals surface area contributed by atoms with E-state index >= 15 is 0 Å². The van der Waals surface area contributed by atoms with Crippen LogP contribution in [-0.2, 0) is 9.53 Å². The summed E-state index contributed by atoms with van der Waals surface area (Å²) in [7, 11) is 1.44. The van der Waals surface area contributed by atoms with Gasteiger partial charge in [0.05, 0.1) is 18.5 Å². The third kappa shape index (κ3) is 2.41. The molecule has 1 fully saturated rings. The molecule has 0 saturated carbocycles. The summed E-state index contributed by atoms with van der Waals surface area (Å²) in [6.45, 7) is 1.50. The molecule has 1 saturated heterocycles. The monoisotopic (exact) mass is 272 g/mol. The first-order valence-electron chi connectivity index (χ1n) is 6.70. The van der Waals surface area contributed by atoms with Crippen molar-refractivity contribution in [2.75, 3.05) is 25.1 Å². The summed E-state index contributed by atoms with van der Waals surface area (Å²) in [5, 5.41) is 8.35. The lowest BCUT2D eigenvalue weighted by Crippen LogP contribution is -2.37. The molecule has 6 heteroatoms. The molecule has 1 aromatic carbocycles. The van der Waals surface area contributed by atoms with Crippen LogP contribution in [0, 0.1) is 5.92 Å². The van der Waals surface area contributed by atoms with Crippen LogP contribution in [0.15, 0.2) is 24.3 Å². The molecule has 0 N–H and O–H groups in total. The number of methoxy groups -OCH3 is 1. The molecule has 2 aromatic rings. The summed E-state index contributed by atoms with van der Waals surface area (Å²) in [6, 6.07) is 7.67. The molecule has 2 heterocycles. The van der Waals surface area contributed by atoms with Crippen molar-refractivity contribution >= 4 is 23.0 Å². The van der Waals surface area contributed by atoms with Gasteiger partial charge in [-0.25, -0.2) is 4.98 Å². The zero-order chi connectivity index (χ0) is 13.9. The third-order valence-corrected chi connectivity index (χ3v) is 3.66. The number of carbonyl (C=O) groups excluding carboxylic acids is 1. The topological polar surface area (TPSA) is 68.2 Å². The molecule has 1 aromatic heterocycles. The molecule has 0 atom stereocenters. The number of para-hydroxylation sites is 1. The number of ether oxygens (including phenoxy) is 1. The number of hydrogen-bond donors (Lipinski definition) is 0. The number of esters is 1. The van der Waals surface area contributed by atoms with Gasteiger partial charge in [0.2, 0.25) is 5.95 Å². The molecule has 0 spiro atoms. The highest BCUT2D eigenvalue weighted by Crippen LogP contribution is 2.22. The Morgan fingerprint density at radius 3 is 2.60 bits per heavy atom. The Morgan fingerprint density at radius 2 is 1.90 bits per heavy atom. The average molecular weight is 272 g/mol. The first-order chi connectivity index (χ1) is 9.78. The van der Waals surface area contributed by atoms with Crippen LogP contribution in [0.1, 0.15) is 12.8 Å². The summed E-state index contributed by atoms with van der Waals surface area (Å²) < 4.78 is 4.79.